The van der Waals surface area contributed by atoms with Crippen molar-refractivity contribution >= 4 is 11.6 Å². The number of carbonyl (C=O) groups is 1. The number of non-ortho nitro benzene ring substituents is 1. The summed E-state index contributed by atoms with van der Waals surface area (Å²) in [7, 11) is 0. The van der Waals surface area contributed by atoms with Crippen LogP contribution in [0.2, 0.25) is 0 Å². The van der Waals surface area contributed by atoms with Gasteiger partial charge in [-0.05, 0) is 19.3 Å². The molecule has 0 bridgehead atoms. The summed E-state index contributed by atoms with van der Waals surface area (Å²) in [6.07, 6.45) is 3.68. The second-order valence-corrected chi connectivity index (χ2v) is 4.49. The maximum absolute atomic E-state index is 12.3. The summed E-state index contributed by atoms with van der Waals surface area (Å²) in [6, 6.07) is 2.41. The molecule has 0 spiro atoms. The van der Waals surface area contributed by atoms with Gasteiger partial charge in [0.05, 0.1) is 17.1 Å². The van der Waals surface area contributed by atoms with Crippen LogP contribution < -0.4 is 0 Å². The van der Waals surface area contributed by atoms with Crippen molar-refractivity contribution in [1.29, 1.82) is 0 Å². The minimum Gasteiger partial charge on any atom is -0.508 e. The van der Waals surface area contributed by atoms with E-state index in [-0.39, 0.29) is 5.91 Å². The van der Waals surface area contributed by atoms with E-state index in [1.54, 1.807) is 6.92 Å². The van der Waals surface area contributed by atoms with Gasteiger partial charge in [-0.3, -0.25) is 14.9 Å². The summed E-state index contributed by atoms with van der Waals surface area (Å²) in [5, 5.41) is 18.7. The molecule has 1 aliphatic heterocycles. The van der Waals surface area contributed by atoms with Gasteiger partial charge in [-0.15, -0.1) is 0 Å². The molecule has 1 amide bonds. The summed E-state index contributed by atoms with van der Waals surface area (Å²) in [4.78, 5) is 21.9. The number of rotatable bonds is 1. The first kappa shape index (κ1) is 15.9. The van der Waals surface area contributed by atoms with Gasteiger partial charge in [-0.1, -0.05) is 0 Å². The predicted octanol–water partition coefficient (Wildman–Crippen LogP) is 2.46. The maximum atomic E-state index is 12.3. The lowest BCUT2D eigenvalue weighted by Crippen LogP contribution is -2.33. The molecule has 1 N–H and O–H groups in total. The van der Waals surface area contributed by atoms with Crippen LogP contribution in [0.3, 0.4) is 0 Å². The number of amides is 1. The summed E-state index contributed by atoms with van der Waals surface area (Å²) < 4.78 is 12.3. The van der Waals surface area contributed by atoms with Gasteiger partial charge >= 0.3 is 0 Å². The van der Waals surface area contributed by atoms with Gasteiger partial charge in [0, 0.05) is 26.1 Å². The monoisotopic (exact) mass is 284 g/mol. The summed E-state index contributed by atoms with van der Waals surface area (Å²) in [5.41, 5.74) is -0.456. The van der Waals surface area contributed by atoms with Crippen LogP contribution in [0, 0.1) is 15.9 Å². The topological polar surface area (TPSA) is 83.7 Å². The average Bonchev–Trinajstić information content (AvgIpc) is 2.39. The van der Waals surface area contributed by atoms with E-state index < -0.39 is 22.2 Å². The molecular weight excluding hydrogens is 267 g/mol. The van der Waals surface area contributed by atoms with E-state index in [9.17, 15) is 19.3 Å². The summed E-state index contributed by atoms with van der Waals surface area (Å²) in [5.74, 6) is -1.04. The first-order chi connectivity index (χ1) is 9.40. The van der Waals surface area contributed by atoms with E-state index in [2.05, 4.69) is 0 Å². The summed E-state index contributed by atoms with van der Waals surface area (Å²) in [6.45, 7) is 3.61. The van der Waals surface area contributed by atoms with Gasteiger partial charge in [0.25, 0.3) is 5.69 Å². The third kappa shape index (κ3) is 5.21. The minimum atomic E-state index is -0.822. The molecule has 0 radical (unpaired) electrons. The minimum absolute atomic E-state index is 0.231. The SMILES string of the molecule is CC(=O)N1CCCCC1.O=[N+]([O-])c1cc(O)cc(F)c1. The highest BCUT2D eigenvalue weighted by molar-refractivity contribution is 5.73. The Bertz CT molecular complexity index is 467. The fraction of sp³-hybridized carbons (Fsp3) is 0.462. The van der Waals surface area contributed by atoms with Gasteiger partial charge in [-0.25, -0.2) is 4.39 Å². The lowest BCUT2D eigenvalue weighted by molar-refractivity contribution is -0.385. The third-order valence-electron chi connectivity index (χ3n) is 2.88. The lowest BCUT2D eigenvalue weighted by atomic mass is 10.1. The van der Waals surface area contributed by atoms with E-state index in [4.69, 9.17) is 5.11 Å². The Morgan fingerprint density at radius 1 is 1.30 bits per heavy atom. The van der Waals surface area contributed by atoms with Gasteiger partial charge in [0.2, 0.25) is 5.91 Å². The van der Waals surface area contributed by atoms with Gasteiger partial charge in [0.15, 0.2) is 0 Å². The smallest absolute Gasteiger partial charge is 0.276 e. The standard InChI is InChI=1S/C7H13NO.C6H4FNO3/c1-7(9)8-5-3-2-4-6-8;7-4-1-5(8(10)11)3-6(9)2-4/h2-6H2,1H3;1-3,9H. The van der Waals surface area contributed by atoms with E-state index in [0.717, 1.165) is 31.3 Å². The van der Waals surface area contributed by atoms with E-state index in [0.29, 0.717) is 0 Å². The number of hydrogen-bond donors (Lipinski definition) is 1. The van der Waals surface area contributed by atoms with Crippen LogP contribution in [0.4, 0.5) is 10.1 Å². The molecule has 2 rings (SSSR count). The maximum Gasteiger partial charge on any atom is 0.276 e. The van der Waals surface area contributed by atoms with Crippen molar-refractivity contribution < 1.29 is 19.2 Å². The second-order valence-electron chi connectivity index (χ2n) is 4.49. The highest BCUT2D eigenvalue weighted by Gasteiger charge is 2.11. The van der Waals surface area contributed by atoms with Crippen molar-refractivity contribution in [2.24, 2.45) is 0 Å². The predicted molar refractivity (Wildman–Crippen MR) is 70.8 cm³/mol. The van der Waals surface area contributed by atoms with Crippen LogP contribution >= 0.6 is 0 Å². The number of phenolic OH excluding ortho intramolecular Hbond substituents is 1. The van der Waals surface area contributed by atoms with Crippen LogP contribution in [0.5, 0.6) is 5.75 Å². The first-order valence-electron chi connectivity index (χ1n) is 6.29. The molecule has 0 aromatic heterocycles. The molecule has 110 valence electrons. The van der Waals surface area contributed by atoms with Crippen LogP contribution in [-0.4, -0.2) is 33.9 Å². The zero-order valence-corrected chi connectivity index (χ0v) is 11.2. The molecule has 1 aromatic carbocycles. The highest BCUT2D eigenvalue weighted by Crippen LogP contribution is 2.19. The molecule has 7 heteroatoms. The number of carbonyl (C=O) groups excluding carboxylic acids is 1. The number of nitrogens with zero attached hydrogens (tertiary/aromatic N) is 2. The van der Waals surface area contributed by atoms with Crippen molar-refractivity contribution in [2.75, 3.05) is 13.1 Å². The number of piperidine rings is 1. The lowest BCUT2D eigenvalue weighted by Gasteiger charge is -2.24. The van der Waals surface area contributed by atoms with Crippen LogP contribution in [-0.2, 0) is 4.79 Å². The Labute approximate surface area is 116 Å². The summed E-state index contributed by atoms with van der Waals surface area (Å²) >= 11 is 0. The van der Waals surface area contributed by atoms with Gasteiger partial charge in [-0.2, -0.15) is 0 Å². The quantitative estimate of drug-likeness (QED) is 0.634. The van der Waals surface area contributed by atoms with Crippen molar-refractivity contribution in [2.45, 2.75) is 26.2 Å². The number of hydrogen-bond acceptors (Lipinski definition) is 4. The fourth-order valence-electron chi connectivity index (χ4n) is 1.87. The van der Waals surface area contributed by atoms with Gasteiger partial charge < -0.3 is 10.0 Å². The number of likely N-dealkylation sites (tertiary alicyclic amines) is 1. The third-order valence-corrected chi connectivity index (χ3v) is 2.88. The van der Waals surface area contributed by atoms with Crippen LogP contribution in [0.25, 0.3) is 0 Å². The molecule has 0 aliphatic carbocycles. The Hall–Kier alpha value is -2.18. The largest absolute Gasteiger partial charge is 0.508 e. The molecule has 0 unspecified atom stereocenters. The van der Waals surface area contributed by atoms with Crippen molar-refractivity contribution in [3.8, 4) is 5.75 Å². The average molecular weight is 284 g/mol. The number of aromatic hydroxyl groups is 1. The van der Waals surface area contributed by atoms with E-state index >= 15 is 0 Å². The fourth-order valence-corrected chi connectivity index (χ4v) is 1.87. The molecule has 1 fully saturated rings. The molecule has 0 atom stereocenters. The van der Waals surface area contributed by atoms with Gasteiger partial charge in [0.1, 0.15) is 11.6 Å². The molecule has 1 aromatic rings. The van der Waals surface area contributed by atoms with E-state index in [1.807, 2.05) is 4.90 Å². The van der Waals surface area contributed by atoms with Crippen molar-refractivity contribution in [3.05, 3.63) is 34.1 Å². The van der Waals surface area contributed by atoms with E-state index in [1.165, 1.54) is 19.3 Å². The van der Waals surface area contributed by atoms with Crippen molar-refractivity contribution in [3.63, 3.8) is 0 Å². The Kier molecular flexibility index (Phi) is 5.89. The second kappa shape index (κ2) is 7.42. The molecule has 1 saturated heterocycles. The molecule has 6 nitrogen and oxygen atoms in total. The van der Waals surface area contributed by atoms with Crippen LogP contribution in [0.15, 0.2) is 18.2 Å². The Morgan fingerprint density at radius 2 is 1.90 bits per heavy atom. The van der Waals surface area contributed by atoms with Crippen LogP contribution in [0.1, 0.15) is 26.2 Å². The molecule has 20 heavy (non-hydrogen) atoms. The number of phenols is 1. The molecular formula is C13H17FN2O4. The number of halogens is 1. The first-order valence-corrected chi connectivity index (χ1v) is 6.29. The number of nitro benzene ring substituents is 1. The number of benzene rings is 1. The zero-order chi connectivity index (χ0) is 15.1. The molecule has 1 heterocycles. The highest BCUT2D eigenvalue weighted by atomic mass is 19.1. The number of nitro groups is 1. The zero-order valence-electron chi connectivity index (χ0n) is 11.2. The molecule has 0 saturated carbocycles. The van der Waals surface area contributed by atoms with Crippen molar-refractivity contribution in [1.82, 2.24) is 4.90 Å². The Morgan fingerprint density at radius 3 is 2.30 bits per heavy atom. The molecule has 1 aliphatic rings. The Balaban J connectivity index is 0.000000204. The normalized spacial score (nSPS) is 14.2.